The Kier molecular flexibility index (Phi) is 23.6. The van der Waals surface area contributed by atoms with Gasteiger partial charge < -0.3 is 47.4 Å². The number of benzene rings is 5. The van der Waals surface area contributed by atoms with Crippen LogP contribution in [-0.2, 0) is 70.0 Å². The van der Waals surface area contributed by atoms with Gasteiger partial charge in [0.2, 0.25) is 0 Å². The zero-order valence-electron chi connectivity index (χ0n) is 45.8. The Bertz CT molecular complexity index is 3080. The largest absolute Gasteiger partial charge is 0.385 e. The number of aromatic nitrogens is 5. The number of methoxy groups -OCH3 is 5. The van der Waals surface area contributed by atoms with Crippen molar-refractivity contribution >= 4 is 54.5 Å². The van der Waals surface area contributed by atoms with Crippen LogP contribution in [0.25, 0.3) is 54.5 Å². The minimum Gasteiger partial charge on any atom is -0.385 e. The van der Waals surface area contributed by atoms with Crippen molar-refractivity contribution in [1.29, 1.82) is 0 Å². The van der Waals surface area contributed by atoms with Crippen LogP contribution in [0, 0.1) is 13.8 Å². The topological polar surface area (TPSA) is 92.5 Å². The zero-order chi connectivity index (χ0) is 52.5. The van der Waals surface area contributed by atoms with Gasteiger partial charge in [0.05, 0.1) is 0 Å². The van der Waals surface area contributed by atoms with Gasteiger partial charge in [-0.05, 0) is 136 Å². The van der Waals surface area contributed by atoms with E-state index in [1.54, 1.807) is 35.5 Å². The standard InChI is InChI=1S/C14H19NO.2C13H17NO.2C12H15NO/c1-11-12(8-6-10-16-3)13-7-4-5-9-14(13)15(11)2;1-14-10-11(6-5-9-15-2)12-7-3-4-8-13(12)14;1-10-11(7-5-9-15-2)12-6-3-4-8-13(12)14-10;1-14-8-4-5-10-9-13-12-7-3-2-6-11(10)12;1-14-10-4-8-13-9-7-11-5-2-3-6-12(11)13/h4-5,7,9H,6,8,10H2,1-3H3;3-4,7-8,10H,5-6,9H2,1-2H3;3-4,6,8,14H,5,7,9H2,1-2H3;2-3,6-7,9,13H,4-5,8H2,1H3;2-3,5-7,9H,4,8,10H2,1H3. The summed E-state index contributed by atoms with van der Waals surface area (Å²) in [5.74, 6) is 0. The quantitative estimate of drug-likeness (QED) is 0.0742. The summed E-state index contributed by atoms with van der Waals surface area (Å²) >= 11 is 0. The van der Waals surface area contributed by atoms with Crippen LogP contribution in [0.3, 0.4) is 0 Å². The summed E-state index contributed by atoms with van der Waals surface area (Å²) in [7, 11) is 13.0. The smallest absolute Gasteiger partial charge is 0.0482 e. The van der Waals surface area contributed by atoms with Crippen molar-refractivity contribution in [2.24, 2.45) is 14.1 Å². The molecular formula is C64H83N5O5. The molecule has 0 radical (unpaired) electrons. The number of para-hydroxylation sites is 5. The maximum absolute atomic E-state index is 5.12. The van der Waals surface area contributed by atoms with Gasteiger partial charge >= 0.3 is 0 Å². The van der Waals surface area contributed by atoms with Gasteiger partial charge in [-0.1, -0.05) is 91.0 Å². The first-order chi connectivity index (χ1) is 36.2. The number of aromatic amines is 2. The Balaban J connectivity index is 0.000000151. The number of rotatable bonds is 20. The third-order valence-electron chi connectivity index (χ3n) is 13.8. The van der Waals surface area contributed by atoms with E-state index in [0.29, 0.717) is 0 Å². The molecule has 0 unspecified atom stereocenters. The van der Waals surface area contributed by atoms with E-state index < -0.39 is 0 Å². The minimum atomic E-state index is 0.826. The Labute approximate surface area is 440 Å². The average Bonchev–Trinajstić information content (AvgIpc) is 4.25. The Hall–Kier alpha value is -6.40. The summed E-state index contributed by atoms with van der Waals surface area (Å²) in [6.45, 7) is 9.53. The van der Waals surface area contributed by atoms with Crippen molar-refractivity contribution in [3.05, 3.63) is 180 Å². The molecule has 2 N–H and O–H groups in total. The fraction of sp³-hybridized carbons (Fsp3) is 0.375. The molecule has 0 aliphatic heterocycles. The zero-order valence-corrected chi connectivity index (χ0v) is 45.8. The fourth-order valence-electron chi connectivity index (χ4n) is 9.85. The van der Waals surface area contributed by atoms with Gasteiger partial charge in [0.1, 0.15) is 0 Å². The van der Waals surface area contributed by atoms with Gasteiger partial charge in [0, 0.05) is 168 Å². The lowest BCUT2D eigenvalue weighted by Crippen LogP contribution is -1.99. The molecule has 394 valence electrons. The summed E-state index contributed by atoms with van der Waals surface area (Å²) in [4.78, 5) is 6.69. The van der Waals surface area contributed by atoms with E-state index in [1.165, 1.54) is 88.2 Å². The van der Waals surface area contributed by atoms with Crippen molar-refractivity contribution in [2.45, 2.75) is 78.2 Å². The number of nitrogens with zero attached hydrogens (tertiary/aromatic N) is 3. The summed E-state index contributed by atoms with van der Waals surface area (Å²) in [6, 6.07) is 44.6. The molecule has 0 amide bonds. The van der Waals surface area contributed by atoms with Crippen molar-refractivity contribution < 1.29 is 23.7 Å². The summed E-state index contributed by atoms with van der Waals surface area (Å²) in [5.41, 5.74) is 14.8. The maximum atomic E-state index is 5.12. The molecule has 5 aromatic carbocycles. The fourth-order valence-corrected chi connectivity index (χ4v) is 9.85. The molecule has 0 saturated heterocycles. The normalized spacial score (nSPS) is 11.0. The Morgan fingerprint density at radius 2 is 0.946 bits per heavy atom. The third-order valence-corrected chi connectivity index (χ3v) is 13.8. The highest BCUT2D eigenvalue weighted by molar-refractivity contribution is 5.87. The number of fused-ring (bicyclic) bond motifs is 5. The lowest BCUT2D eigenvalue weighted by molar-refractivity contribution is 0.190. The number of hydrogen-bond donors (Lipinski definition) is 2. The highest BCUT2D eigenvalue weighted by Crippen LogP contribution is 2.27. The van der Waals surface area contributed by atoms with Crippen LogP contribution in [0.2, 0.25) is 0 Å². The first-order valence-corrected chi connectivity index (χ1v) is 26.4. The lowest BCUT2D eigenvalue weighted by Gasteiger charge is -2.04. The van der Waals surface area contributed by atoms with Crippen LogP contribution in [0.5, 0.6) is 0 Å². The van der Waals surface area contributed by atoms with Crippen LogP contribution >= 0.6 is 0 Å². The molecule has 0 aliphatic rings. The Morgan fingerprint density at radius 1 is 0.446 bits per heavy atom. The van der Waals surface area contributed by atoms with Gasteiger partial charge in [-0.3, -0.25) is 0 Å². The SMILES string of the molecule is COCCCc1c(C)[nH]c2ccccc12.COCCCc1c(C)n(C)c2ccccc12.COCCCc1c[nH]c2ccccc12.COCCCc1cn(C)c2ccccc12.COCCCn1ccc2ccccc21. The molecule has 5 aromatic heterocycles. The van der Waals surface area contributed by atoms with Gasteiger partial charge in [0.25, 0.3) is 0 Å². The molecule has 10 aromatic rings. The van der Waals surface area contributed by atoms with E-state index in [0.717, 1.165) is 97.4 Å². The molecule has 0 aliphatic carbocycles. The molecular weight excluding hydrogens is 919 g/mol. The molecule has 0 bridgehead atoms. The number of aryl methyl sites for hydroxylation is 8. The molecule has 10 heteroatoms. The second-order valence-corrected chi connectivity index (χ2v) is 18.9. The molecule has 0 spiro atoms. The molecule has 10 nitrogen and oxygen atoms in total. The first-order valence-electron chi connectivity index (χ1n) is 26.4. The number of nitrogens with one attached hydrogen (secondary N) is 2. The van der Waals surface area contributed by atoms with E-state index in [1.807, 2.05) is 0 Å². The van der Waals surface area contributed by atoms with Gasteiger partial charge in [-0.2, -0.15) is 0 Å². The van der Waals surface area contributed by atoms with E-state index in [-0.39, 0.29) is 0 Å². The summed E-state index contributed by atoms with van der Waals surface area (Å²) < 4.78 is 32.1. The summed E-state index contributed by atoms with van der Waals surface area (Å²) in [6.07, 6.45) is 16.2. The minimum absolute atomic E-state index is 0.826. The molecule has 10 rings (SSSR count). The third kappa shape index (κ3) is 15.8. The maximum Gasteiger partial charge on any atom is 0.0482 e. The molecule has 0 fully saturated rings. The number of ether oxygens (including phenoxy) is 5. The Morgan fingerprint density at radius 3 is 1.61 bits per heavy atom. The lowest BCUT2D eigenvalue weighted by atomic mass is 10.1. The van der Waals surface area contributed by atoms with Crippen LogP contribution in [0.15, 0.2) is 146 Å². The van der Waals surface area contributed by atoms with E-state index in [2.05, 4.69) is 198 Å². The monoisotopic (exact) mass is 1000 g/mol. The molecule has 5 heterocycles. The average molecular weight is 1000 g/mol. The second-order valence-electron chi connectivity index (χ2n) is 18.9. The highest BCUT2D eigenvalue weighted by atomic mass is 16.5. The summed E-state index contributed by atoms with van der Waals surface area (Å²) in [5, 5.41) is 6.76. The molecule has 0 atom stereocenters. The number of H-pyrrole nitrogens is 2. The van der Waals surface area contributed by atoms with Crippen molar-refractivity contribution in [3.63, 3.8) is 0 Å². The molecule has 0 saturated carbocycles. The van der Waals surface area contributed by atoms with Crippen LogP contribution < -0.4 is 0 Å². The van der Waals surface area contributed by atoms with Crippen molar-refractivity contribution in [1.82, 2.24) is 23.7 Å². The van der Waals surface area contributed by atoms with E-state index in [4.69, 9.17) is 23.7 Å². The van der Waals surface area contributed by atoms with Crippen LogP contribution in [0.4, 0.5) is 0 Å². The van der Waals surface area contributed by atoms with Crippen molar-refractivity contribution in [3.8, 4) is 0 Å². The van der Waals surface area contributed by atoms with Gasteiger partial charge in [-0.25, -0.2) is 0 Å². The highest BCUT2D eigenvalue weighted by Gasteiger charge is 2.11. The van der Waals surface area contributed by atoms with E-state index >= 15 is 0 Å². The molecule has 74 heavy (non-hydrogen) atoms. The van der Waals surface area contributed by atoms with Crippen molar-refractivity contribution in [2.75, 3.05) is 68.6 Å². The first kappa shape index (κ1) is 56.9. The predicted molar refractivity (Wildman–Crippen MR) is 311 cm³/mol. The van der Waals surface area contributed by atoms with E-state index in [9.17, 15) is 0 Å². The van der Waals surface area contributed by atoms with Gasteiger partial charge in [0.15, 0.2) is 0 Å². The van der Waals surface area contributed by atoms with Gasteiger partial charge in [-0.15, -0.1) is 0 Å². The number of hydrogen-bond acceptors (Lipinski definition) is 5. The van der Waals surface area contributed by atoms with Crippen LogP contribution in [0.1, 0.15) is 65.7 Å². The second kappa shape index (κ2) is 30.7. The van der Waals surface area contributed by atoms with Crippen LogP contribution in [-0.4, -0.2) is 92.3 Å². The predicted octanol–water partition coefficient (Wildman–Crippen LogP) is 14.3.